The molecule has 0 radical (unpaired) electrons. The standard InChI is InChI=1S/C30H48O3/c1-19(9-8-10-20(2)26(32)33)21-13-17-30(7)23-11-12-24-27(3,4)25(31)15-16-28(24,5)22(23)14-18-29(21,30)6/h10,14,19,21,23-25,31H,8-9,11-13,15-18H2,1-7H3,(H,32,33)/b20-10+/t19-,21-,23+,24+,25+,28-,29-,30+/m1/s1. The lowest BCUT2D eigenvalue weighted by atomic mass is 9.41. The van der Waals surface area contributed by atoms with E-state index < -0.39 is 5.97 Å². The summed E-state index contributed by atoms with van der Waals surface area (Å²) in [6.07, 6.45) is 14.7. The number of carboxylic acid groups (broad SMARTS) is 1. The average molecular weight is 457 g/mol. The van der Waals surface area contributed by atoms with Crippen LogP contribution in [0.4, 0.5) is 0 Å². The Morgan fingerprint density at radius 2 is 1.79 bits per heavy atom. The summed E-state index contributed by atoms with van der Waals surface area (Å²) in [7, 11) is 0. The van der Waals surface area contributed by atoms with E-state index in [2.05, 4.69) is 47.6 Å². The molecule has 4 aliphatic carbocycles. The minimum absolute atomic E-state index is 0.00517. The number of aliphatic hydroxyl groups excluding tert-OH is 1. The van der Waals surface area contributed by atoms with Crippen LogP contribution in [0.3, 0.4) is 0 Å². The Hall–Kier alpha value is -1.09. The number of aliphatic hydroxyl groups is 1. The Morgan fingerprint density at radius 3 is 2.45 bits per heavy atom. The molecule has 3 heteroatoms. The molecule has 8 atom stereocenters. The molecule has 186 valence electrons. The van der Waals surface area contributed by atoms with E-state index in [9.17, 15) is 9.90 Å². The van der Waals surface area contributed by atoms with Crippen LogP contribution < -0.4 is 0 Å². The molecule has 4 aliphatic rings. The first kappa shape index (κ1) is 25.0. The van der Waals surface area contributed by atoms with Crippen molar-refractivity contribution in [1.29, 1.82) is 0 Å². The third kappa shape index (κ3) is 3.58. The minimum atomic E-state index is -0.796. The van der Waals surface area contributed by atoms with Gasteiger partial charge in [-0.15, -0.1) is 0 Å². The van der Waals surface area contributed by atoms with Crippen molar-refractivity contribution in [3.8, 4) is 0 Å². The van der Waals surface area contributed by atoms with Crippen LogP contribution in [0, 0.1) is 45.3 Å². The Morgan fingerprint density at radius 1 is 1.09 bits per heavy atom. The van der Waals surface area contributed by atoms with Gasteiger partial charge in [0.15, 0.2) is 0 Å². The highest BCUT2D eigenvalue weighted by Crippen LogP contribution is 2.73. The van der Waals surface area contributed by atoms with Crippen LogP contribution in [0.25, 0.3) is 0 Å². The lowest BCUT2D eigenvalue weighted by molar-refractivity contribution is -0.132. The van der Waals surface area contributed by atoms with Gasteiger partial charge in [-0.1, -0.05) is 59.3 Å². The Bertz CT molecular complexity index is 853. The molecule has 4 rings (SSSR count). The fraction of sp³-hybridized carbons (Fsp3) is 0.833. The lowest BCUT2D eigenvalue weighted by Gasteiger charge is -2.64. The molecular formula is C30H48O3. The van der Waals surface area contributed by atoms with E-state index in [4.69, 9.17) is 5.11 Å². The van der Waals surface area contributed by atoms with Gasteiger partial charge in [-0.3, -0.25) is 0 Å². The smallest absolute Gasteiger partial charge is 0.330 e. The second-order valence-corrected chi connectivity index (χ2v) is 13.6. The van der Waals surface area contributed by atoms with Gasteiger partial charge < -0.3 is 10.2 Å². The van der Waals surface area contributed by atoms with Crippen LogP contribution in [0.5, 0.6) is 0 Å². The van der Waals surface area contributed by atoms with E-state index in [-0.39, 0.29) is 16.9 Å². The van der Waals surface area contributed by atoms with E-state index in [0.717, 1.165) is 25.7 Å². The third-order valence-electron chi connectivity index (χ3n) is 12.0. The molecule has 0 spiro atoms. The maximum Gasteiger partial charge on any atom is 0.330 e. The van der Waals surface area contributed by atoms with E-state index in [0.29, 0.717) is 40.1 Å². The predicted molar refractivity (Wildman–Crippen MR) is 135 cm³/mol. The van der Waals surface area contributed by atoms with Crippen LogP contribution >= 0.6 is 0 Å². The van der Waals surface area contributed by atoms with E-state index in [1.54, 1.807) is 12.5 Å². The van der Waals surface area contributed by atoms with Crippen LogP contribution in [0.1, 0.15) is 106 Å². The maximum atomic E-state index is 11.1. The minimum Gasteiger partial charge on any atom is -0.478 e. The second kappa shape index (κ2) is 8.25. The van der Waals surface area contributed by atoms with Gasteiger partial charge in [0, 0.05) is 5.57 Å². The van der Waals surface area contributed by atoms with Crippen molar-refractivity contribution < 1.29 is 15.0 Å². The summed E-state index contributed by atoms with van der Waals surface area (Å²) in [5.74, 6) is 1.77. The molecule has 0 aromatic heterocycles. The van der Waals surface area contributed by atoms with Crippen molar-refractivity contribution >= 4 is 5.97 Å². The summed E-state index contributed by atoms with van der Waals surface area (Å²) < 4.78 is 0. The van der Waals surface area contributed by atoms with Gasteiger partial charge in [-0.25, -0.2) is 4.79 Å². The maximum absolute atomic E-state index is 11.1. The Balaban J connectivity index is 1.59. The molecule has 3 nitrogen and oxygen atoms in total. The van der Waals surface area contributed by atoms with Gasteiger partial charge in [0.05, 0.1) is 6.10 Å². The van der Waals surface area contributed by atoms with Crippen LogP contribution in [0.2, 0.25) is 0 Å². The lowest BCUT2D eigenvalue weighted by Crippen LogP contribution is -2.57. The largest absolute Gasteiger partial charge is 0.478 e. The van der Waals surface area contributed by atoms with Crippen molar-refractivity contribution in [2.45, 2.75) is 112 Å². The third-order valence-corrected chi connectivity index (χ3v) is 12.0. The van der Waals surface area contributed by atoms with Crippen molar-refractivity contribution in [1.82, 2.24) is 0 Å². The highest BCUT2D eigenvalue weighted by Gasteiger charge is 2.65. The quantitative estimate of drug-likeness (QED) is 0.335. The topological polar surface area (TPSA) is 57.5 Å². The molecule has 0 unspecified atom stereocenters. The molecule has 0 amide bonds. The zero-order chi connectivity index (χ0) is 24.4. The fourth-order valence-electron chi connectivity index (χ4n) is 9.52. The Kier molecular flexibility index (Phi) is 6.25. The highest BCUT2D eigenvalue weighted by molar-refractivity contribution is 5.85. The summed E-state index contributed by atoms with van der Waals surface area (Å²) in [5.41, 5.74) is 3.11. The van der Waals surface area contributed by atoms with E-state index >= 15 is 0 Å². The normalized spacial score (nSPS) is 45.5. The molecule has 3 fully saturated rings. The van der Waals surface area contributed by atoms with Crippen molar-refractivity contribution in [2.24, 2.45) is 45.3 Å². The molecule has 0 heterocycles. The number of allylic oxidation sites excluding steroid dienone is 3. The number of aliphatic carboxylic acids is 1. The molecule has 0 aromatic carbocycles. The number of hydrogen-bond acceptors (Lipinski definition) is 2. The van der Waals surface area contributed by atoms with Gasteiger partial charge in [0.25, 0.3) is 0 Å². The monoisotopic (exact) mass is 456 g/mol. The number of carboxylic acids is 1. The zero-order valence-corrected chi connectivity index (χ0v) is 22.2. The molecule has 0 bridgehead atoms. The Labute approximate surface area is 202 Å². The van der Waals surface area contributed by atoms with E-state index in [1.807, 2.05) is 6.08 Å². The number of rotatable bonds is 5. The number of carbonyl (C=O) groups is 1. The first-order valence-corrected chi connectivity index (χ1v) is 13.6. The predicted octanol–water partition coefficient (Wildman–Crippen LogP) is 7.40. The highest BCUT2D eigenvalue weighted by atomic mass is 16.4. The van der Waals surface area contributed by atoms with Gasteiger partial charge in [0.1, 0.15) is 0 Å². The molecule has 0 aliphatic heterocycles. The van der Waals surface area contributed by atoms with Crippen LogP contribution in [-0.2, 0) is 4.79 Å². The fourth-order valence-corrected chi connectivity index (χ4v) is 9.52. The molecule has 2 N–H and O–H groups in total. The molecule has 3 saturated carbocycles. The summed E-state index contributed by atoms with van der Waals surface area (Å²) >= 11 is 0. The van der Waals surface area contributed by atoms with Gasteiger partial charge in [-0.05, 0) is 110 Å². The summed E-state index contributed by atoms with van der Waals surface area (Å²) in [6, 6.07) is 0. The first-order chi connectivity index (χ1) is 15.3. The van der Waals surface area contributed by atoms with Crippen LogP contribution in [0.15, 0.2) is 23.3 Å². The molecular weight excluding hydrogens is 408 g/mol. The summed E-state index contributed by atoms with van der Waals surface area (Å²) in [5, 5.41) is 20.0. The molecule has 0 aromatic rings. The SMILES string of the molecule is C/C(=C\CC[C@@H](C)[C@H]1CC[C@@]2(C)[C@H]3CC[C@H]4C(C)(C)[C@@H](O)CC[C@]4(C)C3=CC[C@]12C)C(=O)O. The number of fused-ring (bicyclic) bond motifs is 5. The van der Waals surface area contributed by atoms with Crippen LogP contribution in [-0.4, -0.2) is 22.3 Å². The first-order valence-electron chi connectivity index (χ1n) is 13.6. The average Bonchev–Trinajstić information content (AvgIpc) is 3.02. The van der Waals surface area contributed by atoms with Crippen molar-refractivity contribution in [2.75, 3.05) is 0 Å². The van der Waals surface area contributed by atoms with Gasteiger partial charge in [-0.2, -0.15) is 0 Å². The molecule has 0 saturated heterocycles. The summed E-state index contributed by atoms with van der Waals surface area (Å²) in [6.45, 7) is 16.5. The van der Waals surface area contributed by atoms with Crippen molar-refractivity contribution in [3.05, 3.63) is 23.3 Å². The summed E-state index contributed by atoms with van der Waals surface area (Å²) in [4.78, 5) is 11.1. The zero-order valence-electron chi connectivity index (χ0n) is 22.2. The molecule has 33 heavy (non-hydrogen) atoms. The van der Waals surface area contributed by atoms with E-state index in [1.165, 1.54) is 32.1 Å². The van der Waals surface area contributed by atoms with Crippen molar-refractivity contribution in [3.63, 3.8) is 0 Å². The van der Waals surface area contributed by atoms with Gasteiger partial charge >= 0.3 is 5.97 Å². The second-order valence-electron chi connectivity index (χ2n) is 13.6. The van der Waals surface area contributed by atoms with Gasteiger partial charge in [0.2, 0.25) is 0 Å². The number of hydrogen-bond donors (Lipinski definition) is 2.